The zero-order valence-corrected chi connectivity index (χ0v) is 15.2. The van der Waals surface area contributed by atoms with Crippen molar-refractivity contribution in [2.45, 2.75) is 0 Å². The number of carbonyl (C=O) groups is 1. The van der Waals surface area contributed by atoms with Crippen LogP contribution in [0.5, 0.6) is 17.2 Å². The number of nitrogens with one attached hydrogen (secondary N) is 1. The summed E-state index contributed by atoms with van der Waals surface area (Å²) in [5, 5.41) is 14.3. The third-order valence-electron chi connectivity index (χ3n) is 3.19. The van der Waals surface area contributed by atoms with Crippen molar-refractivity contribution in [1.82, 2.24) is 0 Å². The van der Waals surface area contributed by atoms with E-state index in [1.165, 1.54) is 20.4 Å². The van der Waals surface area contributed by atoms with Gasteiger partial charge >= 0.3 is 0 Å². The molecule has 2 aromatic rings. The van der Waals surface area contributed by atoms with Crippen LogP contribution >= 0.6 is 15.9 Å². The lowest BCUT2D eigenvalue weighted by Crippen LogP contribution is -2.20. The third kappa shape index (κ3) is 4.87. The van der Waals surface area contributed by atoms with E-state index in [0.717, 1.165) is 0 Å². The van der Waals surface area contributed by atoms with E-state index in [-0.39, 0.29) is 12.5 Å². The quantitative estimate of drug-likeness (QED) is 0.416. The highest BCUT2D eigenvalue weighted by Gasteiger charge is 2.14. The number of methoxy groups -OCH3 is 2. The number of nitrogens with zero attached hydrogens (tertiary/aromatic N) is 1. The molecule has 0 saturated heterocycles. The first-order chi connectivity index (χ1) is 12.1. The highest BCUT2D eigenvalue weighted by molar-refractivity contribution is 9.10. The first kappa shape index (κ1) is 18.6. The van der Waals surface area contributed by atoms with E-state index in [1.54, 1.807) is 30.3 Å². The van der Waals surface area contributed by atoms with Crippen molar-refractivity contribution in [2.75, 3.05) is 26.1 Å². The first-order valence-electron chi connectivity index (χ1n) is 7.19. The first-order valence-corrected chi connectivity index (χ1v) is 7.99. The van der Waals surface area contributed by atoms with Crippen molar-refractivity contribution in [1.29, 1.82) is 0 Å². The van der Waals surface area contributed by atoms with Crippen LogP contribution in [0, 0.1) is 0 Å². The van der Waals surface area contributed by atoms with Gasteiger partial charge in [-0.2, -0.15) is 0 Å². The van der Waals surface area contributed by atoms with E-state index < -0.39 is 0 Å². The van der Waals surface area contributed by atoms with Crippen LogP contribution in [-0.4, -0.2) is 38.2 Å². The van der Waals surface area contributed by atoms with Gasteiger partial charge in [0.15, 0.2) is 18.1 Å². The van der Waals surface area contributed by atoms with Gasteiger partial charge in [-0.3, -0.25) is 4.79 Å². The van der Waals surface area contributed by atoms with Crippen LogP contribution in [0.4, 0.5) is 5.69 Å². The zero-order valence-electron chi connectivity index (χ0n) is 13.7. The van der Waals surface area contributed by atoms with Crippen molar-refractivity contribution >= 4 is 33.7 Å². The molecule has 2 rings (SSSR count). The largest absolute Gasteiger partial charge is 0.495 e. The molecule has 8 heteroatoms. The minimum atomic E-state index is -0.348. The summed E-state index contributed by atoms with van der Waals surface area (Å²) >= 11 is 3.35. The fraction of sp³-hybridized carbons (Fsp3) is 0.176. The molecule has 0 aliphatic rings. The third-order valence-corrected chi connectivity index (χ3v) is 3.78. The van der Waals surface area contributed by atoms with Gasteiger partial charge < -0.3 is 24.7 Å². The Hall–Kier alpha value is -2.74. The van der Waals surface area contributed by atoms with E-state index in [0.29, 0.717) is 33.0 Å². The molecule has 0 aromatic heterocycles. The van der Waals surface area contributed by atoms with Crippen LogP contribution in [0.3, 0.4) is 0 Å². The number of hydrogen-bond acceptors (Lipinski definition) is 6. The van der Waals surface area contributed by atoms with Gasteiger partial charge in [0, 0.05) is 5.56 Å². The van der Waals surface area contributed by atoms with E-state index in [2.05, 4.69) is 26.4 Å². The molecule has 1 amide bonds. The van der Waals surface area contributed by atoms with Gasteiger partial charge in [-0.05, 0) is 40.2 Å². The minimum Gasteiger partial charge on any atom is -0.495 e. The van der Waals surface area contributed by atoms with Crippen LogP contribution in [0.25, 0.3) is 0 Å². The number of anilines is 1. The maximum Gasteiger partial charge on any atom is 0.262 e. The number of oxime groups is 1. The van der Waals surface area contributed by atoms with E-state index >= 15 is 0 Å². The Morgan fingerprint density at radius 2 is 1.96 bits per heavy atom. The van der Waals surface area contributed by atoms with Gasteiger partial charge in [0.05, 0.1) is 30.6 Å². The topological polar surface area (TPSA) is 89.4 Å². The second-order valence-electron chi connectivity index (χ2n) is 4.82. The van der Waals surface area contributed by atoms with Crippen molar-refractivity contribution in [3.8, 4) is 17.2 Å². The van der Waals surface area contributed by atoms with E-state index in [9.17, 15) is 4.79 Å². The number of benzene rings is 2. The predicted molar refractivity (Wildman–Crippen MR) is 97.2 cm³/mol. The number of hydrogen-bond donors (Lipinski definition) is 2. The van der Waals surface area contributed by atoms with Gasteiger partial charge in [0.25, 0.3) is 5.91 Å². The fourth-order valence-corrected chi connectivity index (χ4v) is 2.67. The lowest BCUT2D eigenvalue weighted by atomic mass is 10.2. The van der Waals surface area contributed by atoms with Crippen molar-refractivity contribution in [3.05, 3.63) is 46.4 Å². The number of rotatable bonds is 7. The summed E-state index contributed by atoms with van der Waals surface area (Å²) in [5.41, 5.74) is 1.16. The molecule has 2 aromatic carbocycles. The Bertz CT molecular complexity index is 780. The average molecular weight is 409 g/mol. The zero-order chi connectivity index (χ0) is 18.2. The van der Waals surface area contributed by atoms with Crippen molar-refractivity contribution < 1.29 is 24.2 Å². The number of amides is 1. The molecule has 0 unspecified atom stereocenters. The summed E-state index contributed by atoms with van der Waals surface area (Å²) < 4.78 is 16.6. The molecule has 7 nitrogen and oxygen atoms in total. The molecule has 0 fully saturated rings. The van der Waals surface area contributed by atoms with Gasteiger partial charge in [-0.1, -0.05) is 17.3 Å². The summed E-state index contributed by atoms with van der Waals surface area (Å²) in [6, 6.07) is 10.4. The number of para-hydroxylation sites is 2. The van der Waals surface area contributed by atoms with Crippen LogP contribution in [0.1, 0.15) is 5.56 Å². The predicted octanol–water partition coefficient (Wildman–Crippen LogP) is 3.29. The normalized spacial score (nSPS) is 10.5. The molecule has 0 bridgehead atoms. The standard InChI is InChI=1S/C17H17BrN2O5/c1-23-14-6-4-3-5-13(14)20-16(21)10-25-17-12(18)7-11(9-19-22)8-15(17)24-2/h3-9,22H,10H2,1-2H3,(H,20,21). The Morgan fingerprint density at radius 3 is 2.64 bits per heavy atom. The number of ether oxygens (including phenoxy) is 3. The molecule has 0 radical (unpaired) electrons. The highest BCUT2D eigenvalue weighted by atomic mass is 79.9. The lowest BCUT2D eigenvalue weighted by molar-refractivity contribution is -0.118. The monoisotopic (exact) mass is 408 g/mol. The highest BCUT2D eigenvalue weighted by Crippen LogP contribution is 2.36. The van der Waals surface area contributed by atoms with Crippen molar-refractivity contribution in [2.24, 2.45) is 5.16 Å². The number of halogens is 1. The van der Waals surface area contributed by atoms with Crippen molar-refractivity contribution in [3.63, 3.8) is 0 Å². The lowest BCUT2D eigenvalue weighted by Gasteiger charge is -2.14. The summed E-state index contributed by atoms with van der Waals surface area (Å²) in [5.74, 6) is 0.976. The molecule has 0 aliphatic carbocycles. The molecule has 0 aliphatic heterocycles. The molecule has 0 spiro atoms. The fourth-order valence-electron chi connectivity index (χ4n) is 2.09. The van der Waals surface area contributed by atoms with Crippen LogP contribution in [0.2, 0.25) is 0 Å². The summed E-state index contributed by atoms with van der Waals surface area (Å²) in [7, 11) is 3.00. The molecule has 25 heavy (non-hydrogen) atoms. The van der Waals surface area contributed by atoms with E-state index in [1.807, 2.05) is 6.07 Å². The number of carbonyl (C=O) groups excluding carboxylic acids is 1. The van der Waals surface area contributed by atoms with Gasteiger partial charge in [0.1, 0.15) is 5.75 Å². The molecule has 0 saturated carbocycles. The summed E-state index contributed by atoms with van der Waals surface area (Å²) in [4.78, 5) is 12.1. The Kier molecular flexibility index (Phi) is 6.64. The van der Waals surface area contributed by atoms with E-state index in [4.69, 9.17) is 19.4 Å². The van der Waals surface area contributed by atoms with Crippen LogP contribution < -0.4 is 19.5 Å². The van der Waals surface area contributed by atoms with Gasteiger partial charge in [-0.25, -0.2) is 0 Å². The molecular formula is C17H17BrN2O5. The second-order valence-corrected chi connectivity index (χ2v) is 5.67. The Balaban J connectivity index is 2.09. The van der Waals surface area contributed by atoms with Gasteiger partial charge in [0.2, 0.25) is 0 Å². The Morgan fingerprint density at radius 1 is 1.24 bits per heavy atom. The smallest absolute Gasteiger partial charge is 0.262 e. The van der Waals surface area contributed by atoms with Crippen LogP contribution in [0.15, 0.2) is 46.0 Å². The van der Waals surface area contributed by atoms with Gasteiger partial charge in [-0.15, -0.1) is 0 Å². The maximum absolute atomic E-state index is 12.1. The SMILES string of the molecule is COc1ccccc1NC(=O)COc1c(Br)cc(C=NO)cc1OC. The second kappa shape index (κ2) is 8.93. The average Bonchev–Trinajstić information content (AvgIpc) is 2.61. The maximum atomic E-state index is 12.1. The Labute approximate surface area is 153 Å². The molecule has 2 N–H and O–H groups in total. The molecule has 0 heterocycles. The summed E-state index contributed by atoms with van der Waals surface area (Å²) in [6.07, 6.45) is 1.26. The van der Waals surface area contributed by atoms with Crippen LogP contribution in [-0.2, 0) is 4.79 Å². The molecular weight excluding hydrogens is 392 g/mol. The molecule has 132 valence electrons. The summed E-state index contributed by atoms with van der Waals surface area (Å²) in [6.45, 7) is -0.222. The minimum absolute atomic E-state index is 0.222. The molecule has 0 atom stereocenters.